The molecule has 11 heavy (non-hydrogen) atoms. The summed E-state index contributed by atoms with van der Waals surface area (Å²) in [5, 5.41) is 4.33. The van der Waals surface area contributed by atoms with Gasteiger partial charge in [0.2, 0.25) is 0 Å². The Bertz CT molecular complexity index is 108. The lowest BCUT2D eigenvalue weighted by Gasteiger charge is -2.15. The number of nitrogens with one attached hydrogen (secondary N) is 1. The van der Waals surface area contributed by atoms with Gasteiger partial charge in [0.25, 0.3) is 0 Å². The molecule has 3 N–H and O–H groups in total. The van der Waals surface area contributed by atoms with Gasteiger partial charge in [-0.05, 0) is 31.7 Å². The molecule has 0 saturated carbocycles. The van der Waals surface area contributed by atoms with E-state index in [-0.39, 0.29) is 0 Å². The van der Waals surface area contributed by atoms with Crippen molar-refractivity contribution in [2.45, 2.75) is 31.1 Å². The molecule has 1 heterocycles. The van der Waals surface area contributed by atoms with Gasteiger partial charge < -0.3 is 11.1 Å². The standard InChI is InChI=1S/C8H18N2S/c1-7-8(3-6-11-7)10-5-2-4-9/h7-8,10H,2-6,9H2,1H3. The van der Waals surface area contributed by atoms with Crippen LogP contribution in [0.1, 0.15) is 19.8 Å². The average molecular weight is 174 g/mol. The van der Waals surface area contributed by atoms with Crippen LogP contribution in [-0.2, 0) is 0 Å². The molecular formula is C8H18N2S. The van der Waals surface area contributed by atoms with E-state index in [4.69, 9.17) is 5.73 Å². The molecule has 2 atom stereocenters. The summed E-state index contributed by atoms with van der Waals surface area (Å²) >= 11 is 2.07. The minimum atomic E-state index is 0.742. The van der Waals surface area contributed by atoms with Crippen LogP contribution in [0.2, 0.25) is 0 Å². The number of hydrogen-bond donors (Lipinski definition) is 2. The molecular weight excluding hydrogens is 156 g/mol. The van der Waals surface area contributed by atoms with Crippen LogP contribution in [0.4, 0.5) is 0 Å². The van der Waals surface area contributed by atoms with Gasteiger partial charge in [0.15, 0.2) is 0 Å². The van der Waals surface area contributed by atoms with Gasteiger partial charge in [0.1, 0.15) is 0 Å². The number of nitrogens with two attached hydrogens (primary N) is 1. The number of thioether (sulfide) groups is 1. The Morgan fingerprint density at radius 3 is 3.00 bits per heavy atom. The van der Waals surface area contributed by atoms with E-state index in [1.165, 1.54) is 12.2 Å². The summed E-state index contributed by atoms with van der Waals surface area (Å²) in [5.41, 5.74) is 5.40. The van der Waals surface area contributed by atoms with Crippen molar-refractivity contribution < 1.29 is 0 Å². The molecule has 2 nitrogen and oxygen atoms in total. The minimum absolute atomic E-state index is 0.742. The van der Waals surface area contributed by atoms with Gasteiger partial charge in [-0.2, -0.15) is 11.8 Å². The topological polar surface area (TPSA) is 38.0 Å². The monoisotopic (exact) mass is 174 g/mol. The Balaban J connectivity index is 2.05. The summed E-state index contributed by atoms with van der Waals surface area (Å²) in [7, 11) is 0. The summed E-state index contributed by atoms with van der Waals surface area (Å²) in [4.78, 5) is 0. The lowest BCUT2D eigenvalue weighted by atomic mass is 10.2. The maximum absolute atomic E-state index is 5.40. The maximum Gasteiger partial charge on any atom is 0.0191 e. The Labute approximate surface area is 73.3 Å². The fraction of sp³-hybridized carbons (Fsp3) is 1.00. The molecule has 0 aromatic heterocycles. The minimum Gasteiger partial charge on any atom is -0.330 e. The molecule has 0 aromatic rings. The van der Waals surface area contributed by atoms with E-state index < -0.39 is 0 Å². The lowest BCUT2D eigenvalue weighted by molar-refractivity contribution is 0.507. The molecule has 1 rings (SSSR count). The van der Waals surface area contributed by atoms with E-state index in [0.29, 0.717) is 0 Å². The van der Waals surface area contributed by atoms with Crippen molar-refractivity contribution in [1.82, 2.24) is 5.32 Å². The van der Waals surface area contributed by atoms with Crippen LogP contribution in [0.3, 0.4) is 0 Å². The van der Waals surface area contributed by atoms with Crippen LogP contribution in [0.25, 0.3) is 0 Å². The van der Waals surface area contributed by atoms with Gasteiger partial charge >= 0.3 is 0 Å². The number of hydrogen-bond acceptors (Lipinski definition) is 3. The SMILES string of the molecule is CC1SCCC1NCCCN. The molecule has 1 saturated heterocycles. The molecule has 3 heteroatoms. The molecule has 2 unspecified atom stereocenters. The average Bonchev–Trinajstić information content (AvgIpc) is 2.37. The van der Waals surface area contributed by atoms with Crippen molar-refractivity contribution in [2.75, 3.05) is 18.8 Å². The first kappa shape index (κ1) is 9.36. The van der Waals surface area contributed by atoms with Gasteiger partial charge in [-0.3, -0.25) is 0 Å². The van der Waals surface area contributed by atoms with E-state index in [1.54, 1.807) is 0 Å². The third-order valence-electron chi connectivity index (χ3n) is 2.16. The smallest absolute Gasteiger partial charge is 0.0191 e. The Kier molecular flexibility index (Phi) is 4.26. The first-order valence-electron chi connectivity index (χ1n) is 4.39. The van der Waals surface area contributed by atoms with E-state index in [9.17, 15) is 0 Å². The first-order valence-corrected chi connectivity index (χ1v) is 5.44. The fourth-order valence-corrected chi connectivity index (χ4v) is 2.62. The van der Waals surface area contributed by atoms with Crippen LogP contribution in [0, 0.1) is 0 Å². The second kappa shape index (κ2) is 5.01. The lowest BCUT2D eigenvalue weighted by Crippen LogP contribution is -2.34. The van der Waals surface area contributed by atoms with Crippen LogP contribution in [0.15, 0.2) is 0 Å². The maximum atomic E-state index is 5.40. The Hall–Kier alpha value is 0.270. The first-order chi connectivity index (χ1) is 5.34. The Morgan fingerprint density at radius 1 is 1.64 bits per heavy atom. The van der Waals surface area contributed by atoms with Gasteiger partial charge in [0.05, 0.1) is 0 Å². The molecule has 1 aliphatic rings. The second-order valence-electron chi connectivity index (χ2n) is 3.07. The van der Waals surface area contributed by atoms with Gasteiger partial charge in [-0.25, -0.2) is 0 Å². The summed E-state index contributed by atoms with van der Waals surface area (Å²) in [6.45, 7) is 4.20. The van der Waals surface area contributed by atoms with E-state index in [0.717, 1.165) is 30.8 Å². The Morgan fingerprint density at radius 2 is 2.45 bits per heavy atom. The van der Waals surface area contributed by atoms with Crippen LogP contribution >= 0.6 is 11.8 Å². The summed E-state index contributed by atoms with van der Waals surface area (Å²) < 4.78 is 0. The fourth-order valence-electron chi connectivity index (χ4n) is 1.39. The largest absolute Gasteiger partial charge is 0.330 e. The third-order valence-corrected chi connectivity index (χ3v) is 3.49. The van der Waals surface area contributed by atoms with Crippen LogP contribution in [0.5, 0.6) is 0 Å². The molecule has 0 radical (unpaired) electrons. The van der Waals surface area contributed by atoms with Crippen molar-refractivity contribution in [1.29, 1.82) is 0 Å². The van der Waals surface area contributed by atoms with Gasteiger partial charge in [-0.1, -0.05) is 6.92 Å². The van der Waals surface area contributed by atoms with Gasteiger partial charge in [-0.15, -0.1) is 0 Å². The second-order valence-corrected chi connectivity index (χ2v) is 4.55. The van der Waals surface area contributed by atoms with Crippen LogP contribution in [-0.4, -0.2) is 30.1 Å². The third kappa shape index (κ3) is 3.01. The quantitative estimate of drug-likeness (QED) is 0.620. The summed E-state index contributed by atoms with van der Waals surface area (Å²) in [6.07, 6.45) is 2.43. The zero-order chi connectivity index (χ0) is 8.10. The molecule has 0 spiro atoms. The van der Waals surface area contributed by atoms with Crippen molar-refractivity contribution in [3.8, 4) is 0 Å². The zero-order valence-corrected chi connectivity index (χ0v) is 7.99. The highest BCUT2D eigenvalue weighted by Crippen LogP contribution is 2.25. The molecule has 1 fully saturated rings. The molecule has 0 bridgehead atoms. The van der Waals surface area contributed by atoms with E-state index in [1.807, 2.05) is 0 Å². The van der Waals surface area contributed by atoms with E-state index >= 15 is 0 Å². The predicted molar refractivity (Wildman–Crippen MR) is 52.0 cm³/mol. The van der Waals surface area contributed by atoms with Crippen molar-refractivity contribution in [3.63, 3.8) is 0 Å². The molecule has 1 aliphatic heterocycles. The van der Waals surface area contributed by atoms with Crippen molar-refractivity contribution in [3.05, 3.63) is 0 Å². The molecule has 0 amide bonds. The summed E-state index contributed by atoms with van der Waals surface area (Å²) in [6, 6.07) is 0.742. The molecule has 66 valence electrons. The van der Waals surface area contributed by atoms with E-state index in [2.05, 4.69) is 24.0 Å². The highest BCUT2D eigenvalue weighted by atomic mass is 32.2. The summed E-state index contributed by atoms with van der Waals surface area (Å²) in [5.74, 6) is 1.32. The van der Waals surface area contributed by atoms with Crippen LogP contribution < -0.4 is 11.1 Å². The normalized spacial score (nSPS) is 31.1. The van der Waals surface area contributed by atoms with Crippen molar-refractivity contribution in [2.24, 2.45) is 5.73 Å². The number of rotatable bonds is 4. The predicted octanol–water partition coefficient (Wildman–Crippen LogP) is 0.819. The highest BCUT2D eigenvalue weighted by Gasteiger charge is 2.22. The van der Waals surface area contributed by atoms with Gasteiger partial charge in [0, 0.05) is 11.3 Å². The van der Waals surface area contributed by atoms with Crippen molar-refractivity contribution >= 4 is 11.8 Å². The highest BCUT2D eigenvalue weighted by molar-refractivity contribution is 8.00. The molecule has 0 aliphatic carbocycles. The zero-order valence-electron chi connectivity index (χ0n) is 7.18. The molecule has 0 aromatic carbocycles.